The topological polar surface area (TPSA) is 41.6 Å². The Morgan fingerprint density at radius 1 is 0.893 bits per heavy atom. The number of carbonyl (C=O) groups excluding carboxylic acids is 1. The van der Waals surface area contributed by atoms with E-state index in [4.69, 9.17) is 4.74 Å². The summed E-state index contributed by atoms with van der Waals surface area (Å²) >= 11 is 0. The quantitative estimate of drug-likeness (QED) is 0.667. The second kappa shape index (κ2) is 9.20. The molecule has 3 aromatic carbocycles. The summed E-state index contributed by atoms with van der Waals surface area (Å²) in [6, 6.07) is 25.7. The van der Waals surface area contributed by atoms with Crippen LogP contribution >= 0.6 is 0 Å². The Balaban J connectivity index is 1.70. The molecule has 0 saturated heterocycles. The zero-order valence-corrected chi connectivity index (χ0v) is 16.6. The number of rotatable bonds is 7. The first-order chi connectivity index (χ1) is 13.6. The van der Waals surface area contributed by atoms with Crippen LogP contribution in [0.25, 0.3) is 11.1 Å². The van der Waals surface area contributed by atoms with Gasteiger partial charge in [-0.15, -0.1) is 0 Å². The minimum absolute atomic E-state index is 0.0173. The number of nitrogens with zero attached hydrogens (tertiary/aromatic N) is 1. The van der Waals surface area contributed by atoms with Crippen LogP contribution in [-0.2, 0) is 0 Å². The summed E-state index contributed by atoms with van der Waals surface area (Å²) in [5, 5.41) is 3.05. The fourth-order valence-electron chi connectivity index (χ4n) is 3.25. The third-order valence-corrected chi connectivity index (χ3v) is 4.83. The molecule has 0 radical (unpaired) electrons. The van der Waals surface area contributed by atoms with Crippen molar-refractivity contribution in [2.24, 2.45) is 0 Å². The number of hydrogen-bond donors (Lipinski definition) is 1. The molecule has 0 aliphatic rings. The van der Waals surface area contributed by atoms with E-state index >= 15 is 0 Å². The van der Waals surface area contributed by atoms with E-state index < -0.39 is 0 Å². The normalized spacial score (nSPS) is 11.9. The van der Waals surface area contributed by atoms with Gasteiger partial charge >= 0.3 is 0 Å². The highest BCUT2D eigenvalue weighted by Gasteiger charge is 2.19. The van der Waals surface area contributed by atoms with Crippen LogP contribution in [0.15, 0.2) is 78.9 Å². The van der Waals surface area contributed by atoms with E-state index in [1.807, 2.05) is 80.8 Å². The molecule has 0 unspecified atom stereocenters. The number of amides is 1. The lowest BCUT2D eigenvalue weighted by atomic mass is 10.0. The minimum atomic E-state index is -0.0821. The third-order valence-electron chi connectivity index (χ3n) is 4.83. The monoisotopic (exact) mass is 374 g/mol. The molecule has 0 aliphatic heterocycles. The molecule has 0 spiro atoms. The van der Waals surface area contributed by atoms with Gasteiger partial charge in [-0.3, -0.25) is 4.79 Å². The van der Waals surface area contributed by atoms with Crippen molar-refractivity contribution in [3.05, 3.63) is 90.0 Å². The molecular weight excluding hydrogens is 348 g/mol. The Labute approximate surface area is 166 Å². The number of ether oxygens (including phenoxy) is 1. The van der Waals surface area contributed by atoms with Crippen molar-refractivity contribution in [2.75, 3.05) is 27.7 Å². The van der Waals surface area contributed by atoms with E-state index in [0.29, 0.717) is 12.1 Å². The fraction of sp³-hybridized carbons (Fsp3) is 0.208. The van der Waals surface area contributed by atoms with E-state index in [2.05, 4.69) is 22.3 Å². The summed E-state index contributed by atoms with van der Waals surface area (Å²) in [4.78, 5) is 14.7. The molecule has 0 saturated carbocycles. The van der Waals surface area contributed by atoms with Crippen molar-refractivity contribution >= 4 is 5.91 Å². The lowest BCUT2D eigenvalue weighted by Gasteiger charge is -2.26. The SMILES string of the molecule is COc1ccccc1[C@H](CNC(=O)c1ccc(-c2ccccc2)cc1)N(C)C. The van der Waals surface area contributed by atoms with Crippen LogP contribution in [-0.4, -0.2) is 38.6 Å². The molecule has 0 heterocycles. The van der Waals surface area contributed by atoms with E-state index in [1.54, 1.807) is 7.11 Å². The average molecular weight is 374 g/mol. The zero-order chi connectivity index (χ0) is 19.9. The molecule has 4 heteroatoms. The van der Waals surface area contributed by atoms with Gasteiger partial charge in [-0.2, -0.15) is 0 Å². The second-order valence-corrected chi connectivity index (χ2v) is 6.87. The Kier molecular flexibility index (Phi) is 6.45. The first kappa shape index (κ1) is 19.6. The highest BCUT2D eigenvalue weighted by Crippen LogP contribution is 2.27. The lowest BCUT2D eigenvalue weighted by molar-refractivity contribution is 0.0941. The summed E-state index contributed by atoms with van der Waals surface area (Å²) in [5.41, 5.74) is 3.93. The van der Waals surface area contributed by atoms with Crippen molar-refractivity contribution in [3.8, 4) is 16.9 Å². The fourth-order valence-corrected chi connectivity index (χ4v) is 3.25. The predicted molar refractivity (Wildman–Crippen MR) is 114 cm³/mol. The summed E-state index contributed by atoms with van der Waals surface area (Å²) < 4.78 is 5.48. The van der Waals surface area contributed by atoms with Crippen molar-refractivity contribution in [2.45, 2.75) is 6.04 Å². The Hall–Kier alpha value is -3.11. The second-order valence-electron chi connectivity index (χ2n) is 6.87. The smallest absolute Gasteiger partial charge is 0.251 e. The largest absolute Gasteiger partial charge is 0.496 e. The number of benzene rings is 3. The van der Waals surface area contributed by atoms with Gasteiger partial charge in [-0.05, 0) is 43.4 Å². The van der Waals surface area contributed by atoms with E-state index in [0.717, 1.165) is 22.4 Å². The average Bonchev–Trinajstić information content (AvgIpc) is 2.74. The van der Waals surface area contributed by atoms with Gasteiger partial charge in [0.25, 0.3) is 5.91 Å². The number of hydrogen-bond acceptors (Lipinski definition) is 3. The van der Waals surface area contributed by atoms with Crippen LogP contribution in [0, 0.1) is 0 Å². The Morgan fingerprint density at radius 3 is 2.14 bits per heavy atom. The van der Waals surface area contributed by atoms with Gasteiger partial charge < -0.3 is 15.0 Å². The van der Waals surface area contributed by atoms with Crippen LogP contribution in [0.1, 0.15) is 22.0 Å². The predicted octanol–water partition coefficient (Wildman–Crippen LogP) is 4.39. The molecule has 3 rings (SSSR count). The van der Waals surface area contributed by atoms with Gasteiger partial charge in [-0.25, -0.2) is 0 Å². The van der Waals surface area contributed by atoms with E-state index in [-0.39, 0.29) is 11.9 Å². The maximum atomic E-state index is 12.6. The van der Waals surface area contributed by atoms with Crippen LogP contribution < -0.4 is 10.1 Å². The number of likely N-dealkylation sites (N-methyl/N-ethyl adjacent to an activating group) is 1. The highest BCUT2D eigenvalue weighted by atomic mass is 16.5. The molecule has 1 N–H and O–H groups in total. The van der Waals surface area contributed by atoms with Crippen molar-refractivity contribution in [1.82, 2.24) is 10.2 Å². The Morgan fingerprint density at radius 2 is 1.50 bits per heavy atom. The van der Waals surface area contributed by atoms with Gasteiger partial charge in [0.2, 0.25) is 0 Å². The van der Waals surface area contributed by atoms with Gasteiger partial charge in [0.1, 0.15) is 5.75 Å². The summed E-state index contributed by atoms with van der Waals surface area (Å²) in [7, 11) is 5.66. The molecule has 1 amide bonds. The van der Waals surface area contributed by atoms with Gasteiger partial charge in [0.15, 0.2) is 0 Å². The number of methoxy groups -OCH3 is 1. The maximum absolute atomic E-state index is 12.6. The maximum Gasteiger partial charge on any atom is 0.251 e. The molecule has 0 aromatic heterocycles. The summed E-state index contributed by atoms with van der Waals surface area (Å²) in [6.45, 7) is 0.493. The Bertz CT molecular complexity index is 905. The van der Waals surface area contributed by atoms with Crippen molar-refractivity contribution < 1.29 is 9.53 Å². The van der Waals surface area contributed by atoms with Gasteiger partial charge in [-0.1, -0.05) is 60.7 Å². The molecule has 3 aromatic rings. The molecule has 1 atom stereocenters. The van der Waals surface area contributed by atoms with Crippen LogP contribution in [0.3, 0.4) is 0 Å². The van der Waals surface area contributed by atoms with Crippen LogP contribution in [0.5, 0.6) is 5.75 Å². The van der Waals surface area contributed by atoms with Crippen LogP contribution in [0.2, 0.25) is 0 Å². The molecular formula is C24H26N2O2. The van der Waals surface area contributed by atoms with Crippen molar-refractivity contribution in [3.63, 3.8) is 0 Å². The van der Waals surface area contributed by atoms with E-state index in [1.165, 1.54) is 0 Å². The van der Waals surface area contributed by atoms with E-state index in [9.17, 15) is 4.79 Å². The number of carbonyl (C=O) groups is 1. The summed E-state index contributed by atoms with van der Waals surface area (Å²) in [5.74, 6) is 0.740. The molecule has 4 nitrogen and oxygen atoms in total. The molecule has 0 fully saturated rings. The van der Waals surface area contributed by atoms with Gasteiger partial charge in [0.05, 0.1) is 13.2 Å². The first-order valence-electron chi connectivity index (χ1n) is 9.33. The molecule has 28 heavy (non-hydrogen) atoms. The molecule has 0 aliphatic carbocycles. The molecule has 0 bridgehead atoms. The highest BCUT2D eigenvalue weighted by molar-refractivity contribution is 5.94. The van der Waals surface area contributed by atoms with Gasteiger partial charge in [0, 0.05) is 17.7 Å². The first-order valence-corrected chi connectivity index (χ1v) is 9.33. The minimum Gasteiger partial charge on any atom is -0.496 e. The van der Waals surface area contributed by atoms with Crippen LogP contribution in [0.4, 0.5) is 0 Å². The molecule has 144 valence electrons. The number of para-hydroxylation sites is 1. The van der Waals surface area contributed by atoms with Crippen molar-refractivity contribution in [1.29, 1.82) is 0 Å². The third kappa shape index (κ3) is 4.59. The zero-order valence-electron chi connectivity index (χ0n) is 16.6. The lowest BCUT2D eigenvalue weighted by Crippen LogP contribution is -2.34. The summed E-state index contributed by atoms with van der Waals surface area (Å²) in [6.07, 6.45) is 0. The number of nitrogens with one attached hydrogen (secondary N) is 1. The standard InChI is InChI=1S/C24H26N2O2/c1-26(2)22(21-11-7-8-12-23(21)28-3)17-25-24(27)20-15-13-19(14-16-20)18-9-5-4-6-10-18/h4-16,22H,17H2,1-3H3,(H,25,27)/t22-/m0/s1.